The summed E-state index contributed by atoms with van der Waals surface area (Å²) < 4.78 is 10.9. The third-order valence-corrected chi connectivity index (χ3v) is 4.86. The number of hydrogen-bond donors (Lipinski definition) is 1. The van der Waals surface area contributed by atoms with Gasteiger partial charge in [-0.15, -0.1) is 0 Å². The molecule has 0 saturated heterocycles. The summed E-state index contributed by atoms with van der Waals surface area (Å²) >= 11 is 0. The van der Waals surface area contributed by atoms with Gasteiger partial charge in [-0.1, -0.05) is 30.3 Å². The Morgan fingerprint density at radius 3 is 2.70 bits per heavy atom. The van der Waals surface area contributed by atoms with Crippen molar-refractivity contribution >= 4 is 22.7 Å². The van der Waals surface area contributed by atoms with Gasteiger partial charge in [0.2, 0.25) is 0 Å². The first-order valence-corrected chi connectivity index (χ1v) is 10.5. The van der Waals surface area contributed by atoms with Crippen LogP contribution in [0.25, 0.3) is 10.9 Å². The highest BCUT2D eigenvalue weighted by Gasteiger charge is 2.10. The number of carbonyl (C=O) groups is 1. The van der Waals surface area contributed by atoms with Crippen molar-refractivity contribution in [2.75, 3.05) is 18.5 Å². The predicted molar refractivity (Wildman–Crippen MR) is 119 cm³/mol. The number of rotatable bonds is 11. The van der Waals surface area contributed by atoms with E-state index in [2.05, 4.69) is 34.3 Å². The summed E-state index contributed by atoms with van der Waals surface area (Å²) in [6.45, 7) is 4.98. The largest absolute Gasteiger partial charge is 0.494 e. The molecule has 3 rings (SSSR count). The molecule has 2 aromatic carbocycles. The maximum atomic E-state index is 11.3. The Bertz CT molecular complexity index is 947. The van der Waals surface area contributed by atoms with Gasteiger partial charge in [0.25, 0.3) is 0 Å². The molecule has 0 bridgehead atoms. The van der Waals surface area contributed by atoms with Gasteiger partial charge in [-0.2, -0.15) is 0 Å². The first kappa shape index (κ1) is 21.6. The van der Waals surface area contributed by atoms with E-state index in [1.54, 1.807) is 6.33 Å². The van der Waals surface area contributed by atoms with E-state index >= 15 is 0 Å². The minimum atomic E-state index is -0.127. The highest BCUT2D eigenvalue weighted by Crippen LogP contribution is 2.27. The summed E-state index contributed by atoms with van der Waals surface area (Å²) in [5.74, 6) is 1.45. The minimum absolute atomic E-state index is 0.119. The Kier molecular flexibility index (Phi) is 8.01. The van der Waals surface area contributed by atoms with Gasteiger partial charge >= 0.3 is 5.97 Å². The van der Waals surface area contributed by atoms with Crippen LogP contribution in [0.15, 0.2) is 54.9 Å². The van der Waals surface area contributed by atoms with Gasteiger partial charge in [0.1, 0.15) is 17.9 Å². The SMILES string of the molecule is CCOC(=O)CCCCCOc1ccc2ncnc(N[C@H](C)c3ccccc3)c2c1. The molecule has 0 spiro atoms. The molecular weight excluding hydrogens is 378 g/mol. The third kappa shape index (κ3) is 6.17. The van der Waals surface area contributed by atoms with Crippen LogP contribution < -0.4 is 10.1 Å². The van der Waals surface area contributed by atoms with Gasteiger partial charge in [-0.25, -0.2) is 9.97 Å². The lowest BCUT2D eigenvalue weighted by atomic mass is 10.1. The fraction of sp³-hybridized carbons (Fsp3) is 0.375. The fourth-order valence-corrected chi connectivity index (χ4v) is 3.24. The number of nitrogens with one attached hydrogen (secondary N) is 1. The summed E-state index contributed by atoms with van der Waals surface area (Å²) in [6.07, 6.45) is 4.68. The lowest BCUT2D eigenvalue weighted by Gasteiger charge is -2.16. The van der Waals surface area contributed by atoms with Crippen LogP contribution in [-0.4, -0.2) is 29.2 Å². The second-order valence-electron chi connectivity index (χ2n) is 7.14. The summed E-state index contributed by atoms with van der Waals surface area (Å²) in [7, 11) is 0. The van der Waals surface area contributed by atoms with E-state index in [4.69, 9.17) is 9.47 Å². The first-order chi connectivity index (χ1) is 14.7. The van der Waals surface area contributed by atoms with E-state index in [0.717, 1.165) is 41.7 Å². The normalized spacial score (nSPS) is 11.8. The first-order valence-electron chi connectivity index (χ1n) is 10.5. The van der Waals surface area contributed by atoms with Crippen molar-refractivity contribution in [1.29, 1.82) is 0 Å². The van der Waals surface area contributed by atoms with Crippen LogP contribution in [0.2, 0.25) is 0 Å². The molecule has 0 radical (unpaired) electrons. The summed E-state index contributed by atoms with van der Waals surface area (Å²) in [5.41, 5.74) is 2.06. The van der Waals surface area contributed by atoms with Gasteiger partial charge in [0.05, 0.1) is 18.7 Å². The number of esters is 1. The molecule has 0 amide bonds. The van der Waals surface area contributed by atoms with Crippen molar-refractivity contribution in [3.8, 4) is 5.75 Å². The van der Waals surface area contributed by atoms with E-state index in [0.29, 0.717) is 19.6 Å². The molecule has 158 valence electrons. The Morgan fingerprint density at radius 2 is 1.90 bits per heavy atom. The summed E-state index contributed by atoms with van der Waals surface area (Å²) in [4.78, 5) is 20.2. The molecule has 1 heterocycles. The van der Waals surface area contributed by atoms with Crippen LogP contribution in [-0.2, 0) is 9.53 Å². The van der Waals surface area contributed by atoms with E-state index in [1.165, 1.54) is 5.56 Å². The number of fused-ring (bicyclic) bond motifs is 1. The van der Waals surface area contributed by atoms with Gasteiger partial charge in [-0.05, 0) is 56.9 Å². The van der Waals surface area contributed by atoms with E-state index in [9.17, 15) is 4.79 Å². The number of nitrogens with zero attached hydrogens (tertiary/aromatic N) is 2. The molecule has 6 heteroatoms. The zero-order valence-electron chi connectivity index (χ0n) is 17.6. The molecule has 0 aliphatic carbocycles. The van der Waals surface area contributed by atoms with Crippen LogP contribution in [0, 0.1) is 0 Å². The summed E-state index contributed by atoms with van der Waals surface area (Å²) in [5, 5.41) is 4.41. The number of unbranched alkanes of at least 4 members (excludes halogenated alkanes) is 2. The van der Waals surface area contributed by atoms with Gasteiger partial charge in [0, 0.05) is 17.8 Å². The Labute approximate surface area is 177 Å². The Balaban J connectivity index is 1.57. The van der Waals surface area contributed by atoms with Crippen molar-refractivity contribution < 1.29 is 14.3 Å². The molecule has 0 aliphatic rings. The third-order valence-electron chi connectivity index (χ3n) is 4.86. The number of benzene rings is 2. The van der Waals surface area contributed by atoms with Crippen molar-refractivity contribution in [3.05, 3.63) is 60.4 Å². The molecule has 3 aromatic rings. The van der Waals surface area contributed by atoms with Crippen LogP contribution in [0.5, 0.6) is 5.75 Å². The van der Waals surface area contributed by atoms with Gasteiger partial charge in [0.15, 0.2) is 0 Å². The molecule has 30 heavy (non-hydrogen) atoms. The van der Waals surface area contributed by atoms with Crippen molar-refractivity contribution in [3.63, 3.8) is 0 Å². The molecule has 1 atom stereocenters. The molecule has 1 aromatic heterocycles. The maximum Gasteiger partial charge on any atom is 0.305 e. The standard InChI is InChI=1S/C24H29N3O3/c1-3-29-23(28)12-8-5-9-15-30-20-13-14-22-21(16-20)24(26-17-25-22)27-18(2)19-10-6-4-7-11-19/h4,6-7,10-11,13-14,16-18H,3,5,8-9,12,15H2,1-2H3,(H,25,26,27)/t18-/m1/s1. The average molecular weight is 408 g/mol. The van der Waals surface area contributed by atoms with Gasteiger partial charge in [-0.3, -0.25) is 4.79 Å². The summed E-state index contributed by atoms with van der Waals surface area (Å²) in [6, 6.07) is 16.2. The average Bonchev–Trinajstić information content (AvgIpc) is 2.77. The highest BCUT2D eigenvalue weighted by atomic mass is 16.5. The predicted octanol–water partition coefficient (Wildman–Crippen LogP) is 5.31. The topological polar surface area (TPSA) is 73.3 Å². The van der Waals surface area contributed by atoms with Crippen LogP contribution in [0.3, 0.4) is 0 Å². The Hall–Kier alpha value is -3.15. The second kappa shape index (κ2) is 11.1. The van der Waals surface area contributed by atoms with Crippen LogP contribution in [0.4, 0.5) is 5.82 Å². The number of ether oxygens (including phenoxy) is 2. The van der Waals surface area contributed by atoms with Crippen molar-refractivity contribution in [1.82, 2.24) is 9.97 Å². The van der Waals surface area contributed by atoms with E-state index < -0.39 is 0 Å². The van der Waals surface area contributed by atoms with Crippen LogP contribution in [0.1, 0.15) is 51.1 Å². The minimum Gasteiger partial charge on any atom is -0.494 e. The highest BCUT2D eigenvalue weighted by molar-refractivity contribution is 5.90. The quantitative estimate of drug-likeness (QED) is 0.343. The molecule has 0 aliphatic heterocycles. The maximum absolute atomic E-state index is 11.3. The number of carbonyl (C=O) groups excluding carboxylic acids is 1. The lowest BCUT2D eigenvalue weighted by molar-refractivity contribution is -0.143. The zero-order valence-corrected chi connectivity index (χ0v) is 17.6. The van der Waals surface area contributed by atoms with E-state index in [1.807, 2.05) is 43.3 Å². The van der Waals surface area contributed by atoms with Crippen molar-refractivity contribution in [2.45, 2.75) is 45.6 Å². The Morgan fingerprint density at radius 1 is 1.07 bits per heavy atom. The van der Waals surface area contributed by atoms with Crippen LogP contribution >= 0.6 is 0 Å². The molecular formula is C24H29N3O3. The van der Waals surface area contributed by atoms with E-state index in [-0.39, 0.29) is 12.0 Å². The zero-order chi connectivity index (χ0) is 21.2. The molecule has 1 N–H and O–H groups in total. The molecule has 6 nitrogen and oxygen atoms in total. The van der Waals surface area contributed by atoms with Crippen molar-refractivity contribution in [2.24, 2.45) is 0 Å². The number of hydrogen-bond acceptors (Lipinski definition) is 6. The monoisotopic (exact) mass is 407 g/mol. The second-order valence-corrected chi connectivity index (χ2v) is 7.14. The number of aromatic nitrogens is 2. The fourth-order valence-electron chi connectivity index (χ4n) is 3.24. The molecule has 0 fully saturated rings. The number of anilines is 1. The molecule has 0 unspecified atom stereocenters. The van der Waals surface area contributed by atoms with Gasteiger partial charge < -0.3 is 14.8 Å². The lowest BCUT2D eigenvalue weighted by Crippen LogP contribution is -2.08. The smallest absolute Gasteiger partial charge is 0.305 e. The molecule has 0 saturated carbocycles.